The van der Waals surface area contributed by atoms with Gasteiger partial charge in [-0.25, -0.2) is 4.39 Å². The lowest BCUT2D eigenvalue weighted by atomic mass is 9.75. The second-order valence-corrected chi connectivity index (χ2v) is 14.6. The summed E-state index contributed by atoms with van der Waals surface area (Å²) >= 11 is 1.41. The fraction of sp³-hybridized carbons (Fsp3) is 0.647. The number of hydrogen-bond acceptors (Lipinski definition) is 8. The average Bonchev–Trinajstić information content (AvgIpc) is 3.96. The summed E-state index contributed by atoms with van der Waals surface area (Å²) in [6.45, 7) is 0.257. The highest BCUT2D eigenvalue weighted by Gasteiger charge is 2.61. The van der Waals surface area contributed by atoms with E-state index in [4.69, 9.17) is 15.2 Å². The number of carbonyl (C=O) groups is 4. The van der Waals surface area contributed by atoms with E-state index < -0.39 is 41.5 Å². The minimum absolute atomic E-state index is 0.0311. The van der Waals surface area contributed by atoms with Gasteiger partial charge in [-0.3, -0.25) is 23.9 Å². The van der Waals surface area contributed by atoms with Crippen LogP contribution in [0.3, 0.4) is 0 Å². The number of fused-ring (bicyclic) bond motifs is 3. The summed E-state index contributed by atoms with van der Waals surface area (Å²) in [5, 5.41) is 3.43. The van der Waals surface area contributed by atoms with Crippen LogP contribution < -0.4 is 15.8 Å². The molecule has 1 aromatic rings. The van der Waals surface area contributed by atoms with Crippen molar-refractivity contribution in [1.29, 1.82) is 0 Å². The maximum atomic E-state index is 14.6. The second kappa shape index (κ2) is 14.0. The number of nitrogens with zero attached hydrogens (tertiary/aromatic N) is 1. The van der Waals surface area contributed by atoms with E-state index in [-0.39, 0.29) is 49.0 Å². The summed E-state index contributed by atoms with van der Waals surface area (Å²) in [6.07, 6.45) is 10.9. The molecule has 10 nitrogen and oxygen atoms in total. The molecule has 3 aliphatic carbocycles. The van der Waals surface area contributed by atoms with Crippen molar-refractivity contribution >= 4 is 35.6 Å². The van der Waals surface area contributed by atoms with Crippen LogP contribution in [0.5, 0.6) is 0 Å². The number of halogens is 1. The molecule has 3 unspecified atom stereocenters. The van der Waals surface area contributed by atoms with Crippen molar-refractivity contribution in [3.8, 4) is 0 Å². The molecule has 12 heteroatoms. The van der Waals surface area contributed by atoms with E-state index in [9.17, 15) is 23.6 Å². The fourth-order valence-corrected chi connectivity index (χ4v) is 8.13. The molecule has 5 aliphatic rings. The third-order valence-corrected chi connectivity index (χ3v) is 11.3. The Bertz CT molecular complexity index is 1370. The molecular weight excluding hydrogens is 611 g/mol. The van der Waals surface area contributed by atoms with Crippen molar-refractivity contribution in [1.82, 2.24) is 14.9 Å². The third-order valence-electron chi connectivity index (χ3n) is 10.2. The van der Waals surface area contributed by atoms with Crippen LogP contribution in [0.25, 0.3) is 0 Å². The van der Waals surface area contributed by atoms with Crippen LogP contribution in [0.1, 0.15) is 81.3 Å². The molecular formula is C34H45FN4O6S. The Morgan fingerprint density at radius 1 is 1.17 bits per heavy atom. The zero-order chi connectivity index (χ0) is 32.4. The lowest BCUT2D eigenvalue weighted by Gasteiger charge is -2.32. The molecule has 46 heavy (non-hydrogen) atoms. The van der Waals surface area contributed by atoms with E-state index >= 15 is 0 Å². The van der Waals surface area contributed by atoms with Gasteiger partial charge in [0.1, 0.15) is 23.5 Å². The van der Waals surface area contributed by atoms with Gasteiger partial charge in [0.15, 0.2) is 0 Å². The predicted molar refractivity (Wildman–Crippen MR) is 171 cm³/mol. The molecule has 0 radical (unpaired) electrons. The van der Waals surface area contributed by atoms with Crippen molar-refractivity contribution in [3.05, 3.63) is 47.3 Å². The smallest absolute Gasteiger partial charge is 0.309 e. The van der Waals surface area contributed by atoms with E-state index in [2.05, 4.69) is 16.1 Å². The number of rotatable bonds is 7. The van der Waals surface area contributed by atoms with Gasteiger partial charge in [0.25, 0.3) is 5.91 Å². The van der Waals surface area contributed by atoms with E-state index in [1.54, 1.807) is 13.2 Å². The molecule has 7 atom stereocenters. The first kappa shape index (κ1) is 33.0. The first-order chi connectivity index (χ1) is 22.2. The van der Waals surface area contributed by atoms with Crippen LogP contribution in [0.15, 0.2) is 30.4 Å². The molecule has 3 fully saturated rings. The summed E-state index contributed by atoms with van der Waals surface area (Å²) in [5.74, 6) is -2.87. The molecule has 1 saturated heterocycles. The number of ether oxygens (including phenoxy) is 2. The van der Waals surface area contributed by atoms with Crippen LogP contribution in [0, 0.1) is 17.7 Å². The molecule has 1 aromatic carbocycles. The van der Waals surface area contributed by atoms with Gasteiger partial charge >= 0.3 is 5.97 Å². The summed E-state index contributed by atoms with van der Waals surface area (Å²) in [4.78, 5) is 56.2. The summed E-state index contributed by atoms with van der Waals surface area (Å²) < 4.78 is 29.0. The molecule has 3 amide bonds. The van der Waals surface area contributed by atoms with Gasteiger partial charge in [0, 0.05) is 30.6 Å². The van der Waals surface area contributed by atoms with Gasteiger partial charge < -0.3 is 25.4 Å². The summed E-state index contributed by atoms with van der Waals surface area (Å²) in [7, 11) is 1.55. The standard InChI is InChI=1S/C34H45FN4O6S/c1-44-19-26-23-9-7-10-27(35)24(23)14-15-25(26)32(42)45-21-16-29-30(40)37-34(33(43)38-46-22-12-13-22)17-20(34)8-5-3-2-4-6-11-28(36)31(41)39(29)18-21/h5,7-10,20-22,25-26,28-29H,2-4,6,11-19,36H2,1H3,(H,37,40)(H,38,43)/b8-5-/t20-,21-,25?,26?,28+,29?,34-/m1/s1. The topological polar surface area (TPSA) is 140 Å². The van der Waals surface area contributed by atoms with Gasteiger partial charge in [-0.2, -0.15) is 0 Å². The minimum Gasteiger partial charge on any atom is -0.460 e. The first-order valence-electron chi connectivity index (χ1n) is 16.7. The number of carbonyl (C=O) groups excluding carboxylic acids is 4. The number of nitrogens with one attached hydrogen (secondary N) is 2. The number of amides is 3. The number of hydrogen-bond donors (Lipinski definition) is 3. The Balaban J connectivity index is 1.20. The molecule has 4 N–H and O–H groups in total. The monoisotopic (exact) mass is 656 g/mol. The second-order valence-electron chi connectivity index (χ2n) is 13.5. The Kier molecular flexibility index (Phi) is 10.1. The summed E-state index contributed by atoms with van der Waals surface area (Å²) in [5.41, 5.74) is 6.61. The van der Waals surface area contributed by atoms with Crippen LogP contribution in [0.4, 0.5) is 4.39 Å². The zero-order valence-corrected chi connectivity index (χ0v) is 27.2. The average molecular weight is 657 g/mol. The highest BCUT2D eigenvalue weighted by atomic mass is 32.2. The van der Waals surface area contributed by atoms with Crippen molar-refractivity contribution < 1.29 is 33.0 Å². The SMILES string of the molecule is COCC1c2cccc(F)c2CCC1C(=O)O[C@@H]1CC2C(=O)N[C@]3(C(=O)NSC4CC4)C[C@H]3/C=C\CCCCC[C@H](N)C(=O)N2C1. The number of methoxy groups -OCH3 is 1. The number of esters is 1. The molecule has 6 rings (SSSR count). The Morgan fingerprint density at radius 2 is 2.00 bits per heavy atom. The lowest BCUT2D eigenvalue weighted by molar-refractivity contribution is -0.156. The van der Waals surface area contributed by atoms with Crippen LogP contribution in [-0.2, 0) is 35.1 Å². The number of benzene rings is 1. The molecule has 2 aliphatic heterocycles. The molecule has 2 saturated carbocycles. The third kappa shape index (κ3) is 6.99. The minimum atomic E-state index is -1.08. The van der Waals surface area contributed by atoms with Gasteiger partial charge in [-0.15, -0.1) is 0 Å². The Morgan fingerprint density at radius 3 is 2.78 bits per heavy atom. The van der Waals surface area contributed by atoms with Crippen molar-refractivity contribution in [3.63, 3.8) is 0 Å². The van der Waals surface area contributed by atoms with Gasteiger partial charge in [0.2, 0.25) is 11.8 Å². The van der Waals surface area contributed by atoms with Crippen LogP contribution >= 0.6 is 11.9 Å². The van der Waals surface area contributed by atoms with E-state index in [1.807, 2.05) is 12.1 Å². The molecule has 0 spiro atoms. The van der Waals surface area contributed by atoms with E-state index in [0.717, 1.165) is 44.1 Å². The van der Waals surface area contributed by atoms with Crippen LogP contribution in [-0.4, -0.2) is 77.8 Å². The largest absolute Gasteiger partial charge is 0.460 e. The first-order valence-corrected chi connectivity index (χ1v) is 17.6. The van der Waals surface area contributed by atoms with Crippen molar-refractivity contribution in [2.24, 2.45) is 17.6 Å². The maximum Gasteiger partial charge on any atom is 0.309 e. The normalized spacial score (nSPS) is 33.8. The quantitative estimate of drug-likeness (QED) is 0.231. The Hall–Kier alpha value is -2.96. The number of nitrogens with two attached hydrogens (primary N) is 1. The lowest BCUT2D eigenvalue weighted by Crippen LogP contribution is -2.56. The Labute approximate surface area is 273 Å². The van der Waals surface area contributed by atoms with Crippen molar-refractivity contribution in [2.45, 2.75) is 106 Å². The van der Waals surface area contributed by atoms with Crippen molar-refractivity contribution in [2.75, 3.05) is 20.3 Å². The molecule has 250 valence electrons. The molecule has 0 aromatic heterocycles. The summed E-state index contributed by atoms with van der Waals surface area (Å²) in [6, 6.07) is 3.16. The van der Waals surface area contributed by atoms with Gasteiger partial charge in [0.05, 0.1) is 25.1 Å². The molecule has 2 heterocycles. The van der Waals surface area contributed by atoms with Gasteiger partial charge in [-0.05, 0) is 80.5 Å². The fourth-order valence-electron chi connectivity index (χ4n) is 7.30. The predicted octanol–water partition coefficient (Wildman–Crippen LogP) is 3.28. The number of allylic oxidation sites excluding steroid dienone is 1. The van der Waals surface area contributed by atoms with Crippen LogP contribution in [0.2, 0.25) is 0 Å². The van der Waals surface area contributed by atoms with E-state index in [0.29, 0.717) is 36.5 Å². The van der Waals surface area contributed by atoms with Gasteiger partial charge in [-0.1, -0.05) is 37.1 Å². The highest BCUT2D eigenvalue weighted by Crippen LogP contribution is 2.46. The zero-order valence-electron chi connectivity index (χ0n) is 26.4. The highest BCUT2D eigenvalue weighted by molar-refractivity contribution is 7.98. The maximum absolute atomic E-state index is 14.6. The van der Waals surface area contributed by atoms with E-state index in [1.165, 1.54) is 22.9 Å². The molecule has 0 bridgehead atoms.